The van der Waals surface area contributed by atoms with Gasteiger partial charge in [0.15, 0.2) is 0 Å². The molecule has 0 amide bonds. The first-order valence-corrected chi connectivity index (χ1v) is 5.23. The Kier molecular flexibility index (Phi) is 974. The molecule has 19 nitrogen and oxygen atoms in total. The molecule has 0 fully saturated rings. The number of hydrogen-bond donors (Lipinski definition) is 0. The molecular formula is C8H44IMo6NO18+. The second kappa shape index (κ2) is 136. The first-order valence-electron chi connectivity index (χ1n) is 3.25. The van der Waals surface area contributed by atoms with E-state index in [2.05, 4.69) is 51.9 Å². The summed E-state index contributed by atoms with van der Waals surface area (Å²) < 4.78 is 5.50. The Labute approximate surface area is 292 Å². The van der Waals surface area contributed by atoms with Gasteiger partial charge in [0.2, 0.25) is 0 Å². The van der Waals surface area contributed by atoms with Crippen molar-refractivity contribution in [2.45, 2.75) is 13.8 Å². The number of hydrogen-bond acceptors (Lipinski definition) is 0. The minimum absolute atomic E-state index is 0. The Bertz CT molecular complexity index is 349. The summed E-state index contributed by atoms with van der Waals surface area (Å²) in [4.78, 5) is 0. The van der Waals surface area contributed by atoms with Gasteiger partial charge in [0.25, 0.3) is 0 Å². The van der Waals surface area contributed by atoms with Gasteiger partial charge in [-0.15, -0.1) is 0 Å². The van der Waals surface area contributed by atoms with Crippen molar-refractivity contribution in [2.24, 2.45) is 0 Å². The fourth-order valence-corrected chi connectivity index (χ4v) is 2.69. The molecule has 34 heavy (non-hydrogen) atoms. The second-order valence-corrected chi connectivity index (χ2v) is 4.17. The molecule has 1 aromatic rings. The van der Waals surface area contributed by atoms with Crippen LogP contribution in [0.4, 0.5) is 5.69 Å². The van der Waals surface area contributed by atoms with E-state index in [-0.39, 0.29) is 204 Å². The number of halogens is 1. The van der Waals surface area contributed by atoms with Crippen LogP contribution in [0.25, 0.3) is 3.31 Å². The van der Waals surface area contributed by atoms with Crippen molar-refractivity contribution in [3.05, 3.63) is 30.1 Å². The van der Waals surface area contributed by atoms with Crippen LogP contribution in [0.2, 0.25) is 0 Å². The third kappa shape index (κ3) is 91.7. The minimum atomic E-state index is 0. The summed E-state index contributed by atoms with van der Waals surface area (Å²) in [6.07, 6.45) is 0. The number of benzene rings is 1. The van der Waals surface area contributed by atoms with E-state index in [0.29, 0.717) is 0 Å². The van der Waals surface area contributed by atoms with Crippen LogP contribution in [-0.4, -0.2) is 98.6 Å². The number of nitrogens with zero attached hydrogens (tertiary/aromatic N) is 1. The molecule has 0 unspecified atom stereocenters. The maximum atomic E-state index is 4.22. The Morgan fingerprint density at radius 2 is 0.618 bits per heavy atom. The Balaban J connectivity index is -0.00000000251. The van der Waals surface area contributed by atoms with Crippen molar-refractivity contribution in [3.63, 3.8) is 0 Å². The summed E-state index contributed by atoms with van der Waals surface area (Å²) in [5, 5.41) is 0. The topological polar surface area (TPSA) is 571 Å². The zero-order valence-corrected chi connectivity index (χ0v) is 31.6. The van der Waals surface area contributed by atoms with E-state index in [1.165, 1.54) is 14.7 Å². The summed E-state index contributed by atoms with van der Waals surface area (Å²) in [6, 6.07) is 4.30. The Morgan fingerprint density at radius 3 is 0.735 bits per heavy atom. The van der Waals surface area contributed by atoms with Gasteiger partial charge in [-0.05, 0) is 0 Å². The van der Waals surface area contributed by atoms with Crippen molar-refractivity contribution in [3.8, 4) is 0 Å². The molecule has 0 heterocycles. The molecular weight excluding hydrogens is 1100 g/mol. The van der Waals surface area contributed by atoms with E-state index >= 15 is 0 Å². The zero-order chi connectivity index (χ0) is 8.43. The number of aryl methyl sites for hydroxylation is 2. The van der Waals surface area contributed by atoms with Crippen LogP contribution in [0.15, 0.2) is 12.1 Å². The maximum absolute atomic E-state index is 4.22. The first-order chi connectivity index (χ1) is 5.15. The van der Waals surface area contributed by atoms with Crippen molar-refractivity contribution < 1.29 is 223 Å². The molecule has 0 saturated heterocycles. The van der Waals surface area contributed by atoms with Gasteiger partial charge >= 0.3 is 91.7 Å². The average molecular weight is 1140 g/mol. The minimum Gasteiger partial charge on any atom is -0.412 e. The monoisotopic (exact) mass is 1160 g/mol. The van der Waals surface area contributed by atoms with Crippen LogP contribution in [0.5, 0.6) is 0 Å². The van der Waals surface area contributed by atoms with Crippen molar-refractivity contribution in [1.82, 2.24) is 0 Å². The van der Waals surface area contributed by atoms with Gasteiger partial charge in [-0.3, -0.25) is 0 Å². The van der Waals surface area contributed by atoms with Crippen molar-refractivity contribution in [1.29, 1.82) is 0 Å². The smallest absolute Gasteiger partial charge is 0 e. The molecule has 0 bridgehead atoms. The van der Waals surface area contributed by atoms with E-state index in [4.69, 9.17) is 0 Å². The van der Waals surface area contributed by atoms with Gasteiger partial charge in [0.05, 0.1) is 0 Å². The zero-order valence-electron chi connectivity index (χ0n) is 17.4. The van der Waals surface area contributed by atoms with Crippen LogP contribution in [0.1, 0.15) is 11.1 Å². The fourth-order valence-electron chi connectivity index (χ4n) is 1.05. The maximum Gasteiger partial charge on any atom is 0 e. The normalized spacial score (nSPS) is 3.00. The summed E-state index contributed by atoms with van der Waals surface area (Å²) >= 11 is 4.09. The van der Waals surface area contributed by atoms with Gasteiger partial charge in [0.1, 0.15) is 0 Å². The van der Waals surface area contributed by atoms with Crippen LogP contribution < -0.4 is 0 Å². The van der Waals surface area contributed by atoms with Gasteiger partial charge in [-0.1, -0.05) is 0 Å². The number of rotatable bonds is 0. The fraction of sp³-hybridized carbons (Fsp3) is 0.250. The van der Waals surface area contributed by atoms with E-state index in [1.54, 1.807) is 19.4 Å². The Morgan fingerprint density at radius 1 is 0.471 bits per heavy atom. The summed E-state index contributed by atoms with van der Waals surface area (Å²) in [7, 11) is 0. The molecule has 0 aliphatic rings. The summed E-state index contributed by atoms with van der Waals surface area (Å²) in [5.41, 5.74) is 3.66. The third-order valence-electron chi connectivity index (χ3n) is 1.55. The quantitative estimate of drug-likeness (QED) is 0.173. The first kappa shape index (κ1) is 244. The third-order valence-corrected chi connectivity index (χ3v) is 2.62. The molecule has 231 valence electrons. The van der Waals surface area contributed by atoms with Crippen LogP contribution >= 0.6 is 22.6 Å². The van der Waals surface area contributed by atoms with E-state index in [9.17, 15) is 0 Å². The van der Waals surface area contributed by atoms with Gasteiger partial charge in [-0.25, -0.2) is 0 Å². The van der Waals surface area contributed by atoms with Crippen LogP contribution in [0.3, 0.4) is 0 Å². The van der Waals surface area contributed by atoms with Gasteiger partial charge < -0.3 is 98.6 Å². The van der Waals surface area contributed by atoms with Gasteiger partial charge in [0, 0.05) is 105 Å². The summed E-state index contributed by atoms with van der Waals surface area (Å²) in [6.45, 7) is 4.19. The summed E-state index contributed by atoms with van der Waals surface area (Å²) in [5.74, 6) is 0. The Hall–Kier alpha value is 3.07. The molecule has 36 N–H and O–H groups in total. The molecule has 1 aromatic carbocycles. The molecule has 1 rings (SSSR count). The molecule has 0 aliphatic carbocycles. The largest absolute Gasteiger partial charge is 0.412 e. The predicted octanol–water partition coefficient (Wildman–Crippen LogP) is -11.5. The standard InChI is InChI=1S/C8H8IN.6Mo.18H2O/c1-5-3-7(9)4-6(2)8(5)10;;;;;;;;;;;;;;;;;;;;;;;;/h3-4H,1-2H3;;;;;;;18*1H2/q+1;;;;;;;;;;;;;;;;;;;;;;;;. The molecule has 0 atom stereocenters. The van der Waals surface area contributed by atoms with Crippen LogP contribution in [0, 0.1) is 17.4 Å². The van der Waals surface area contributed by atoms with E-state index in [0.717, 1.165) is 5.69 Å². The SMILES string of the molecule is Cc1cc(I)cc(C)c1[N+]#[Mo].O.O.O.O.O.O.O.O.O.O.O.O.O.O.O.O.O.O.[Mo].[Mo].[Mo].[Mo].[Mo]. The molecule has 26 heteroatoms. The van der Waals surface area contributed by atoms with Crippen LogP contribution in [-0.2, 0) is 125 Å². The van der Waals surface area contributed by atoms with Crippen molar-refractivity contribution in [2.75, 3.05) is 0 Å². The molecule has 0 saturated carbocycles. The molecule has 0 spiro atoms. The van der Waals surface area contributed by atoms with Gasteiger partial charge in [-0.2, -0.15) is 0 Å². The molecule has 0 aliphatic heterocycles. The molecule has 0 aromatic heterocycles. The van der Waals surface area contributed by atoms with Crippen molar-refractivity contribution >= 4 is 28.3 Å². The average Bonchev–Trinajstić information content (AvgIpc) is 1.85. The predicted molar refractivity (Wildman–Crippen MR) is 117 cm³/mol. The van der Waals surface area contributed by atoms with E-state index in [1.807, 2.05) is 0 Å². The molecule has 0 radical (unpaired) electrons. The van der Waals surface area contributed by atoms with E-state index < -0.39 is 0 Å². The second-order valence-electron chi connectivity index (χ2n) is 2.48.